The highest BCUT2D eigenvalue weighted by Crippen LogP contribution is 2.16. The van der Waals surface area contributed by atoms with Crippen LogP contribution in [-0.2, 0) is 0 Å². The number of benzene rings is 1. The fraction of sp³-hybridized carbons (Fsp3) is 0.231. The first-order valence-corrected chi connectivity index (χ1v) is 5.68. The Kier molecular flexibility index (Phi) is 3.32. The highest BCUT2D eigenvalue weighted by molar-refractivity contribution is 5.92. The van der Waals surface area contributed by atoms with Crippen LogP contribution >= 0.6 is 0 Å². The number of hydrogen-bond acceptors (Lipinski definition) is 3. The van der Waals surface area contributed by atoms with Gasteiger partial charge in [0.05, 0.1) is 6.04 Å². The van der Waals surface area contributed by atoms with Gasteiger partial charge in [0.15, 0.2) is 0 Å². The zero-order chi connectivity index (χ0) is 13.1. The number of nitrogens with zero attached hydrogens (tertiary/aromatic N) is 1. The Morgan fingerprint density at radius 3 is 2.61 bits per heavy atom. The topological polar surface area (TPSA) is 78.0 Å². The van der Waals surface area contributed by atoms with Crippen molar-refractivity contribution in [2.75, 3.05) is 0 Å². The van der Waals surface area contributed by atoms with Crippen LogP contribution in [0.25, 0.3) is 0 Å². The van der Waals surface area contributed by atoms with E-state index in [4.69, 9.17) is 0 Å². The van der Waals surface area contributed by atoms with E-state index in [1.807, 2.05) is 13.8 Å². The monoisotopic (exact) mass is 245 g/mol. The second kappa shape index (κ2) is 4.91. The number of rotatable bonds is 3. The van der Waals surface area contributed by atoms with Gasteiger partial charge in [-0.3, -0.25) is 9.89 Å². The molecule has 3 N–H and O–H groups in total. The number of aryl methyl sites for hydroxylation is 1. The number of aromatic nitrogens is 2. The first-order valence-electron chi connectivity index (χ1n) is 5.68. The first-order chi connectivity index (χ1) is 8.56. The number of aromatic amines is 1. The lowest BCUT2D eigenvalue weighted by atomic mass is 10.1. The maximum Gasteiger partial charge on any atom is 0.272 e. The van der Waals surface area contributed by atoms with Crippen LogP contribution < -0.4 is 5.32 Å². The summed E-state index contributed by atoms with van der Waals surface area (Å²) >= 11 is 0. The van der Waals surface area contributed by atoms with Gasteiger partial charge in [0.1, 0.15) is 11.4 Å². The molecule has 0 aliphatic carbocycles. The predicted molar refractivity (Wildman–Crippen MR) is 67.3 cm³/mol. The highest BCUT2D eigenvalue weighted by atomic mass is 16.3. The molecule has 1 aromatic carbocycles. The average Bonchev–Trinajstić information content (AvgIpc) is 2.76. The van der Waals surface area contributed by atoms with Crippen molar-refractivity contribution in [1.82, 2.24) is 15.5 Å². The van der Waals surface area contributed by atoms with Gasteiger partial charge in [0, 0.05) is 5.69 Å². The Balaban J connectivity index is 2.05. The summed E-state index contributed by atoms with van der Waals surface area (Å²) < 4.78 is 0. The lowest BCUT2D eigenvalue weighted by Crippen LogP contribution is -2.26. The van der Waals surface area contributed by atoms with Gasteiger partial charge < -0.3 is 10.4 Å². The Morgan fingerprint density at radius 2 is 2.06 bits per heavy atom. The number of phenols is 1. The third-order valence-corrected chi connectivity index (χ3v) is 2.68. The molecule has 0 saturated carbocycles. The number of H-pyrrole nitrogens is 1. The van der Waals surface area contributed by atoms with Gasteiger partial charge in [-0.2, -0.15) is 5.10 Å². The van der Waals surface area contributed by atoms with Crippen LogP contribution in [0.15, 0.2) is 30.3 Å². The molecule has 0 aliphatic rings. The molecule has 0 aliphatic heterocycles. The number of carbonyl (C=O) groups is 1. The van der Waals surface area contributed by atoms with Crippen LogP contribution in [0.5, 0.6) is 5.75 Å². The SMILES string of the molecule is Cc1cc(C(=O)NC(C)c2ccc(O)cc2)n[nH]1. The van der Waals surface area contributed by atoms with Crippen LogP contribution in [0.1, 0.15) is 34.7 Å². The van der Waals surface area contributed by atoms with Crippen molar-refractivity contribution in [2.45, 2.75) is 19.9 Å². The molecule has 1 aromatic heterocycles. The molecule has 0 spiro atoms. The summed E-state index contributed by atoms with van der Waals surface area (Å²) in [5.74, 6) is -0.0138. The summed E-state index contributed by atoms with van der Waals surface area (Å²) in [7, 11) is 0. The van der Waals surface area contributed by atoms with E-state index in [2.05, 4.69) is 15.5 Å². The van der Waals surface area contributed by atoms with Gasteiger partial charge in [-0.25, -0.2) is 0 Å². The summed E-state index contributed by atoms with van der Waals surface area (Å²) in [5, 5.41) is 18.7. The number of hydrogen-bond donors (Lipinski definition) is 3. The predicted octanol–water partition coefficient (Wildman–Crippen LogP) is 1.91. The normalized spacial score (nSPS) is 12.1. The van der Waals surface area contributed by atoms with Crippen molar-refractivity contribution in [2.24, 2.45) is 0 Å². The van der Waals surface area contributed by atoms with Crippen LogP contribution in [0.2, 0.25) is 0 Å². The molecular formula is C13H15N3O2. The molecule has 0 saturated heterocycles. The van der Waals surface area contributed by atoms with E-state index in [1.54, 1.807) is 30.3 Å². The zero-order valence-electron chi connectivity index (χ0n) is 10.3. The fourth-order valence-corrected chi connectivity index (χ4v) is 1.65. The molecule has 5 nitrogen and oxygen atoms in total. The molecule has 1 unspecified atom stereocenters. The van der Waals surface area contributed by atoms with E-state index in [9.17, 15) is 9.90 Å². The minimum atomic E-state index is -0.222. The highest BCUT2D eigenvalue weighted by Gasteiger charge is 2.13. The van der Waals surface area contributed by atoms with Crippen molar-refractivity contribution in [3.63, 3.8) is 0 Å². The second-order valence-corrected chi connectivity index (χ2v) is 4.22. The Bertz CT molecular complexity index is 546. The quantitative estimate of drug-likeness (QED) is 0.773. The van der Waals surface area contributed by atoms with Gasteiger partial charge in [-0.15, -0.1) is 0 Å². The van der Waals surface area contributed by atoms with Gasteiger partial charge in [-0.05, 0) is 37.6 Å². The molecule has 1 atom stereocenters. The first kappa shape index (κ1) is 12.2. The molecule has 1 heterocycles. The van der Waals surface area contributed by atoms with Crippen LogP contribution in [-0.4, -0.2) is 21.2 Å². The maximum absolute atomic E-state index is 11.9. The van der Waals surface area contributed by atoms with Crippen LogP contribution in [0.3, 0.4) is 0 Å². The molecule has 0 radical (unpaired) electrons. The van der Waals surface area contributed by atoms with Crippen LogP contribution in [0, 0.1) is 6.92 Å². The Labute approximate surface area is 105 Å². The maximum atomic E-state index is 11.9. The smallest absolute Gasteiger partial charge is 0.272 e. The number of nitrogens with one attached hydrogen (secondary N) is 2. The van der Waals surface area contributed by atoms with Crippen molar-refractivity contribution in [3.8, 4) is 5.75 Å². The van der Waals surface area contributed by atoms with Crippen molar-refractivity contribution in [3.05, 3.63) is 47.3 Å². The third kappa shape index (κ3) is 2.68. The number of carbonyl (C=O) groups excluding carboxylic acids is 1. The summed E-state index contributed by atoms with van der Waals surface area (Å²) in [6, 6.07) is 8.29. The Morgan fingerprint density at radius 1 is 1.39 bits per heavy atom. The van der Waals surface area contributed by atoms with Crippen molar-refractivity contribution < 1.29 is 9.90 Å². The molecule has 0 fully saturated rings. The van der Waals surface area contributed by atoms with Crippen molar-refractivity contribution >= 4 is 5.91 Å². The summed E-state index contributed by atoms with van der Waals surface area (Å²) in [4.78, 5) is 11.9. The summed E-state index contributed by atoms with van der Waals surface area (Å²) in [5.41, 5.74) is 2.14. The summed E-state index contributed by atoms with van der Waals surface area (Å²) in [6.45, 7) is 3.72. The standard InChI is InChI=1S/C13H15N3O2/c1-8-7-12(16-15-8)13(18)14-9(2)10-3-5-11(17)6-4-10/h3-7,9,17H,1-2H3,(H,14,18)(H,15,16). The molecule has 5 heteroatoms. The average molecular weight is 245 g/mol. The molecule has 2 aromatic rings. The van der Waals surface area contributed by atoms with E-state index in [-0.39, 0.29) is 17.7 Å². The number of phenolic OH excluding ortho intramolecular Hbond substituents is 1. The molecule has 18 heavy (non-hydrogen) atoms. The number of amides is 1. The van der Waals surface area contributed by atoms with E-state index in [0.717, 1.165) is 11.3 Å². The van der Waals surface area contributed by atoms with Crippen molar-refractivity contribution in [1.29, 1.82) is 0 Å². The molecular weight excluding hydrogens is 230 g/mol. The molecule has 94 valence electrons. The summed E-state index contributed by atoms with van der Waals surface area (Å²) in [6.07, 6.45) is 0. The van der Waals surface area contributed by atoms with Gasteiger partial charge in [0.2, 0.25) is 0 Å². The zero-order valence-corrected chi connectivity index (χ0v) is 10.3. The lowest BCUT2D eigenvalue weighted by Gasteiger charge is -2.13. The van der Waals surface area contributed by atoms with Gasteiger partial charge in [-0.1, -0.05) is 12.1 Å². The fourth-order valence-electron chi connectivity index (χ4n) is 1.65. The molecule has 2 rings (SSSR count). The van der Waals surface area contributed by atoms with Gasteiger partial charge >= 0.3 is 0 Å². The van der Waals surface area contributed by atoms with E-state index < -0.39 is 0 Å². The van der Waals surface area contributed by atoms with Gasteiger partial charge in [0.25, 0.3) is 5.91 Å². The van der Waals surface area contributed by atoms with E-state index in [0.29, 0.717) is 5.69 Å². The van der Waals surface area contributed by atoms with E-state index in [1.165, 1.54) is 0 Å². The minimum absolute atomic E-state index is 0.143. The number of aromatic hydroxyl groups is 1. The third-order valence-electron chi connectivity index (χ3n) is 2.68. The largest absolute Gasteiger partial charge is 0.508 e. The Hall–Kier alpha value is -2.30. The molecule has 0 bridgehead atoms. The minimum Gasteiger partial charge on any atom is -0.508 e. The lowest BCUT2D eigenvalue weighted by molar-refractivity contribution is 0.0935. The molecule has 1 amide bonds. The van der Waals surface area contributed by atoms with E-state index >= 15 is 0 Å². The second-order valence-electron chi connectivity index (χ2n) is 4.22. The van der Waals surface area contributed by atoms with Crippen LogP contribution in [0.4, 0.5) is 0 Å².